The minimum atomic E-state index is -0.509. The van der Waals surface area contributed by atoms with Gasteiger partial charge in [0.1, 0.15) is 11.9 Å². The van der Waals surface area contributed by atoms with Gasteiger partial charge in [-0.3, -0.25) is 0 Å². The summed E-state index contributed by atoms with van der Waals surface area (Å²) in [5.74, 6) is 3.05. The fraction of sp³-hybridized carbons (Fsp3) is 0.538. The molecule has 0 spiro atoms. The molecule has 17 heavy (non-hydrogen) atoms. The first kappa shape index (κ1) is 12.7. The second-order valence-corrected chi connectivity index (χ2v) is 5.36. The van der Waals surface area contributed by atoms with Gasteiger partial charge in [0.2, 0.25) is 0 Å². The van der Waals surface area contributed by atoms with Gasteiger partial charge in [-0.2, -0.15) is 11.8 Å². The largest absolute Gasteiger partial charge is 0.489 e. The number of nitrogens with one attached hydrogen (secondary N) is 1. The number of thioether (sulfide) groups is 1. The first-order valence-corrected chi connectivity index (χ1v) is 7.12. The van der Waals surface area contributed by atoms with Gasteiger partial charge in [-0.25, -0.2) is 0 Å². The summed E-state index contributed by atoms with van der Waals surface area (Å²) in [6, 6.07) is 7.76. The molecule has 0 aromatic heterocycles. The van der Waals surface area contributed by atoms with Crippen LogP contribution in [0.25, 0.3) is 0 Å². The van der Waals surface area contributed by atoms with E-state index >= 15 is 0 Å². The Bertz CT molecular complexity index is 353. The lowest BCUT2D eigenvalue weighted by Crippen LogP contribution is -2.20. The van der Waals surface area contributed by atoms with Crippen LogP contribution in [-0.2, 0) is 0 Å². The average molecular weight is 253 g/mol. The average Bonchev–Trinajstić information content (AvgIpc) is 2.83. The van der Waals surface area contributed by atoms with E-state index in [0.29, 0.717) is 12.6 Å². The molecule has 1 aliphatic heterocycles. The summed E-state index contributed by atoms with van der Waals surface area (Å²) in [6.07, 6.45) is 0.884. The summed E-state index contributed by atoms with van der Waals surface area (Å²) in [7, 11) is 1.83. The number of hydrogen-bond donors (Lipinski definition) is 2. The molecule has 2 unspecified atom stereocenters. The van der Waals surface area contributed by atoms with E-state index in [0.717, 1.165) is 23.5 Å². The molecular weight excluding hydrogens is 234 g/mol. The maximum atomic E-state index is 10.0. The van der Waals surface area contributed by atoms with Crippen LogP contribution in [0, 0.1) is 0 Å². The van der Waals surface area contributed by atoms with Crippen molar-refractivity contribution in [3.05, 3.63) is 29.8 Å². The number of para-hydroxylation sites is 1. The van der Waals surface area contributed by atoms with Crippen LogP contribution in [0.1, 0.15) is 18.1 Å². The summed E-state index contributed by atoms with van der Waals surface area (Å²) in [4.78, 5) is 0. The summed E-state index contributed by atoms with van der Waals surface area (Å²) >= 11 is 1.93. The third kappa shape index (κ3) is 3.37. The Morgan fingerprint density at radius 3 is 3.06 bits per heavy atom. The zero-order chi connectivity index (χ0) is 12.1. The van der Waals surface area contributed by atoms with Crippen LogP contribution < -0.4 is 10.1 Å². The predicted octanol–water partition coefficient (Wildman–Crippen LogP) is 1.82. The van der Waals surface area contributed by atoms with Gasteiger partial charge in [0.25, 0.3) is 0 Å². The molecule has 3 nitrogen and oxygen atoms in total. The molecule has 1 heterocycles. The molecule has 0 radical (unpaired) electrons. The number of ether oxygens (including phenoxy) is 1. The van der Waals surface area contributed by atoms with Gasteiger partial charge in [0.05, 0.1) is 6.10 Å². The molecule has 1 aliphatic rings. The molecule has 4 heteroatoms. The molecule has 1 fully saturated rings. The molecule has 0 aliphatic carbocycles. The van der Waals surface area contributed by atoms with E-state index in [9.17, 15) is 5.11 Å². The number of aliphatic hydroxyl groups is 1. The lowest BCUT2D eigenvalue weighted by Gasteiger charge is -2.19. The molecule has 2 N–H and O–H groups in total. The zero-order valence-electron chi connectivity index (χ0n) is 10.1. The monoisotopic (exact) mass is 253 g/mol. The number of likely N-dealkylation sites (N-methyl/N-ethyl adjacent to an activating group) is 1. The van der Waals surface area contributed by atoms with Crippen molar-refractivity contribution in [2.24, 2.45) is 0 Å². The summed E-state index contributed by atoms with van der Waals surface area (Å²) < 4.78 is 5.97. The molecule has 0 amide bonds. The van der Waals surface area contributed by atoms with Gasteiger partial charge in [-0.15, -0.1) is 0 Å². The molecule has 0 saturated carbocycles. The zero-order valence-corrected chi connectivity index (χ0v) is 10.9. The van der Waals surface area contributed by atoms with Crippen LogP contribution in [0.2, 0.25) is 0 Å². The fourth-order valence-electron chi connectivity index (χ4n) is 1.95. The summed E-state index contributed by atoms with van der Waals surface area (Å²) in [5, 5.41) is 13.0. The first-order chi connectivity index (χ1) is 8.31. The van der Waals surface area contributed by atoms with Crippen LogP contribution >= 0.6 is 11.8 Å². The molecule has 94 valence electrons. The highest BCUT2D eigenvalue weighted by Gasteiger charge is 2.20. The van der Waals surface area contributed by atoms with E-state index < -0.39 is 6.10 Å². The van der Waals surface area contributed by atoms with Crippen molar-refractivity contribution < 1.29 is 9.84 Å². The highest BCUT2D eigenvalue weighted by molar-refractivity contribution is 7.99. The first-order valence-electron chi connectivity index (χ1n) is 5.97. The molecule has 1 aromatic rings. The Morgan fingerprint density at radius 2 is 2.35 bits per heavy atom. The van der Waals surface area contributed by atoms with Crippen LogP contribution in [0.5, 0.6) is 5.75 Å². The standard InChI is InChI=1S/C13H19NO2S/c1-14-8-12(15)11-4-2-3-5-13(11)16-10-6-7-17-9-10/h2-5,10,12,14-15H,6-9H2,1H3. The highest BCUT2D eigenvalue weighted by atomic mass is 32.2. The number of rotatable bonds is 5. The van der Waals surface area contributed by atoms with Crippen LogP contribution in [0.4, 0.5) is 0 Å². The Kier molecular flexibility index (Phi) is 4.71. The van der Waals surface area contributed by atoms with Gasteiger partial charge in [-0.1, -0.05) is 18.2 Å². The lowest BCUT2D eigenvalue weighted by atomic mass is 10.1. The third-order valence-electron chi connectivity index (χ3n) is 2.86. The normalized spacial score (nSPS) is 21.4. The van der Waals surface area contributed by atoms with E-state index in [1.54, 1.807) is 0 Å². The Balaban J connectivity index is 2.09. The SMILES string of the molecule is CNCC(O)c1ccccc1OC1CCSC1. The predicted molar refractivity (Wildman–Crippen MR) is 71.7 cm³/mol. The minimum absolute atomic E-state index is 0.294. The molecule has 2 rings (SSSR count). The smallest absolute Gasteiger partial charge is 0.125 e. The molecule has 1 aromatic carbocycles. The van der Waals surface area contributed by atoms with Crippen molar-refractivity contribution in [3.63, 3.8) is 0 Å². The van der Waals surface area contributed by atoms with E-state index in [-0.39, 0.29) is 0 Å². The summed E-state index contributed by atoms with van der Waals surface area (Å²) in [5.41, 5.74) is 0.874. The van der Waals surface area contributed by atoms with Gasteiger partial charge in [0, 0.05) is 17.9 Å². The maximum absolute atomic E-state index is 10.0. The van der Waals surface area contributed by atoms with E-state index in [4.69, 9.17) is 4.74 Å². The number of aliphatic hydroxyl groups excluding tert-OH is 1. The van der Waals surface area contributed by atoms with Crippen molar-refractivity contribution in [1.82, 2.24) is 5.32 Å². The van der Waals surface area contributed by atoms with Crippen molar-refractivity contribution in [2.75, 3.05) is 25.1 Å². The van der Waals surface area contributed by atoms with E-state index in [1.165, 1.54) is 5.75 Å². The summed E-state index contributed by atoms with van der Waals surface area (Å²) in [6.45, 7) is 0.541. The minimum Gasteiger partial charge on any atom is -0.489 e. The Labute approximate surface area is 107 Å². The fourth-order valence-corrected chi connectivity index (χ4v) is 3.05. The second-order valence-electron chi connectivity index (χ2n) is 4.21. The van der Waals surface area contributed by atoms with Crippen molar-refractivity contribution in [3.8, 4) is 5.75 Å². The van der Waals surface area contributed by atoms with Crippen molar-refractivity contribution in [2.45, 2.75) is 18.6 Å². The van der Waals surface area contributed by atoms with Crippen LogP contribution in [-0.4, -0.2) is 36.3 Å². The number of hydrogen-bond acceptors (Lipinski definition) is 4. The Hall–Kier alpha value is -0.710. The van der Waals surface area contributed by atoms with Crippen LogP contribution in [0.15, 0.2) is 24.3 Å². The van der Waals surface area contributed by atoms with E-state index in [1.807, 2.05) is 43.1 Å². The third-order valence-corrected chi connectivity index (χ3v) is 3.99. The molecule has 0 bridgehead atoms. The van der Waals surface area contributed by atoms with E-state index in [2.05, 4.69) is 5.32 Å². The molecular formula is C13H19NO2S. The lowest BCUT2D eigenvalue weighted by molar-refractivity contribution is 0.164. The Morgan fingerprint density at radius 1 is 1.53 bits per heavy atom. The van der Waals surface area contributed by atoms with Gasteiger partial charge >= 0.3 is 0 Å². The van der Waals surface area contributed by atoms with Gasteiger partial charge in [-0.05, 0) is 25.3 Å². The molecule has 1 saturated heterocycles. The van der Waals surface area contributed by atoms with Gasteiger partial charge < -0.3 is 15.2 Å². The maximum Gasteiger partial charge on any atom is 0.125 e. The van der Waals surface area contributed by atoms with Gasteiger partial charge in [0.15, 0.2) is 0 Å². The van der Waals surface area contributed by atoms with Crippen LogP contribution in [0.3, 0.4) is 0 Å². The quantitative estimate of drug-likeness (QED) is 0.840. The van der Waals surface area contributed by atoms with Crippen molar-refractivity contribution >= 4 is 11.8 Å². The molecule has 2 atom stereocenters. The second kappa shape index (κ2) is 6.28. The highest BCUT2D eigenvalue weighted by Crippen LogP contribution is 2.29. The topological polar surface area (TPSA) is 41.5 Å². The number of benzene rings is 1. The van der Waals surface area contributed by atoms with Crippen molar-refractivity contribution in [1.29, 1.82) is 0 Å².